The van der Waals surface area contributed by atoms with Crippen LogP contribution < -0.4 is 10.6 Å². The van der Waals surface area contributed by atoms with Crippen LogP contribution in [0.3, 0.4) is 0 Å². The number of alkyl carbamates (subject to hydrolysis) is 1. The zero-order chi connectivity index (χ0) is 23.6. The van der Waals surface area contributed by atoms with Crippen molar-refractivity contribution >= 4 is 39.7 Å². The Bertz CT molecular complexity index is 761. The highest BCUT2D eigenvalue weighted by Crippen LogP contribution is 2.11. The van der Waals surface area contributed by atoms with Gasteiger partial charge in [-0.05, 0) is 32.3 Å². The van der Waals surface area contributed by atoms with Gasteiger partial charge in [0.2, 0.25) is 5.91 Å². The van der Waals surface area contributed by atoms with Gasteiger partial charge in [-0.3, -0.25) is 14.4 Å². The number of hydrogen-bond donors (Lipinski definition) is 2. The zero-order valence-corrected chi connectivity index (χ0v) is 20.2. The molecule has 0 spiro atoms. The summed E-state index contributed by atoms with van der Waals surface area (Å²) in [4.78, 5) is 49.4. The number of carbonyl (C=O) groups excluding carboxylic acids is 4. The summed E-state index contributed by atoms with van der Waals surface area (Å²) in [6, 6.07) is 7.10. The summed E-state index contributed by atoms with van der Waals surface area (Å²) in [7, 11) is 0. The zero-order valence-electron chi connectivity index (χ0n) is 18.6. The van der Waals surface area contributed by atoms with Crippen molar-refractivity contribution in [1.82, 2.24) is 10.6 Å². The Kier molecular flexibility index (Phi) is 10.7. The van der Waals surface area contributed by atoms with Gasteiger partial charge in [0, 0.05) is 0 Å². The number of ether oxygens (including phenoxy) is 2. The molecule has 8 nitrogen and oxygen atoms in total. The quantitative estimate of drug-likeness (QED) is 0.378. The van der Waals surface area contributed by atoms with Crippen molar-refractivity contribution in [1.29, 1.82) is 0 Å². The molecule has 0 aliphatic rings. The summed E-state index contributed by atoms with van der Waals surface area (Å²) in [5.74, 6) is -1.86. The molecule has 0 aliphatic carbocycles. The molecule has 0 saturated heterocycles. The van der Waals surface area contributed by atoms with Gasteiger partial charge in [0.1, 0.15) is 18.2 Å². The Balaban J connectivity index is 2.76. The molecule has 2 unspecified atom stereocenters. The van der Waals surface area contributed by atoms with Crippen LogP contribution in [0.5, 0.6) is 0 Å². The van der Waals surface area contributed by atoms with Crippen LogP contribution in [0.4, 0.5) is 4.79 Å². The van der Waals surface area contributed by atoms with Crippen molar-refractivity contribution in [2.75, 3.05) is 5.33 Å². The van der Waals surface area contributed by atoms with E-state index in [-0.39, 0.29) is 30.1 Å². The van der Waals surface area contributed by atoms with Crippen molar-refractivity contribution in [3.63, 3.8) is 0 Å². The van der Waals surface area contributed by atoms with Gasteiger partial charge in [-0.2, -0.15) is 0 Å². The topological polar surface area (TPSA) is 111 Å². The van der Waals surface area contributed by atoms with Crippen LogP contribution in [0.15, 0.2) is 30.3 Å². The minimum Gasteiger partial charge on any atom is -0.460 e. The lowest BCUT2D eigenvalue weighted by Gasteiger charge is -2.25. The van der Waals surface area contributed by atoms with Gasteiger partial charge in [0.25, 0.3) is 0 Å². The number of Topliss-reactive ketones (excluding diaryl/α,β-unsaturated/α-hetero) is 1. The molecule has 9 heteroatoms. The van der Waals surface area contributed by atoms with Gasteiger partial charge < -0.3 is 20.1 Å². The van der Waals surface area contributed by atoms with E-state index in [9.17, 15) is 19.2 Å². The molecule has 0 radical (unpaired) electrons. The van der Waals surface area contributed by atoms with E-state index in [2.05, 4.69) is 26.6 Å². The van der Waals surface area contributed by atoms with Crippen molar-refractivity contribution in [2.24, 2.45) is 5.92 Å². The fraction of sp³-hybridized carbons (Fsp3) is 0.545. The number of rotatable bonds is 10. The Hall–Kier alpha value is -2.42. The second-order valence-corrected chi connectivity index (χ2v) is 8.94. The molecule has 1 aromatic rings. The Morgan fingerprint density at radius 3 is 2.16 bits per heavy atom. The second-order valence-electron chi connectivity index (χ2n) is 8.38. The van der Waals surface area contributed by atoms with E-state index in [1.54, 1.807) is 34.6 Å². The summed E-state index contributed by atoms with van der Waals surface area (Å²) in [5, 5.41) is 5.04. The lowest BCUT2D eigenvalue weighted by atomic mass is 10.0. The smallest absolute Gasteiger partial charge is 0.408 e. The number of benzene rings is 1. The molecule has 0 fully saturated rings. The van der Waals surface area contributed by atoms with Gasteiger partial charge in [0.15, 0.2) is 5.78 Å². The van der Waals surface area contributed by atoms with Gasteiger partial charge in [-0.1, -0.05) is 60.1 Å². The SMILES string of the molecule is CC(C)C(NC(=O)OCc1ccccc1)C(=O)NC(CC(=O)OC(C)(C)C)C(=O)CBr. The lowest BCUT2D eigenvalue weighted by molar-refractivity contribution is -0.156. The molecule has 1 rings (SSSR count). The first kappa shape index (κ1) is 26.6. The number of alkyl halides is 1. The van der Waals surface area contributed by atoms with Crippen LogP contribution in [0.25, 0.3) is 0 Å². The summed E-state index contributed by atoms with van der Waals surface area (Å²) in [6.07, 6.45) is -1.07. The van der Waals surface area contributed by atoms with Crippen molar-refractivity contribution in [3.05, 3.63) is 35.9 Å². The fourth-order valence-corrected chi connectivity index (χ4v) is 2.97. The maximum Gasteiger partial charge on any atom is 0.408 e. The molecule has 0 aromatic heterocycles. The molecular formula is C22H31BrN2O6. The summed E-state index contributed by atoms with van der Waals surface area (Å²) in [5.41, 5.74) is 0.0942. The Morgan fingerprint density at radius 1 is 1.03 bits per heavy atom. The average Bonchev–Trinajstić information content (AvgIpc) is 2.68. The highest BCUT2D eigenvalue weighted by Gasteiger charge is 2.31. The summed E-state index contributed by atoms with van der Waals surface area (Å²) in [6.45, 7) is 8.69. The maximum absolute atomic E-state index is 12.8. The van der Waals surface area contributed by atoms with Crippen molar-refractivity contribution in [2.45, 2.75) is 65.3 Å². The number of carbonyl (C=O) groups is 4. The van der Waals surface area contributed by atoms with Gasteiger partial charge in [-0.15, -0.1) is 0 Å². The van der Waals surface area contributed by atoms with E-state index in [0.29, 0.717) is 0 Å². The van der Waals surface area contributed by atoms with Crippen LogP contribution in [0.2, 0.25) is 0 Å². The molecule has 0 saturated carbocycles. The monoisotopic (exact) mass is 498 g/mol. The average molecular weight is 499 g/mol. The predicted octanol–water partition coefficient (Wildman–Crippen LogP) is 3.12. The minimum absolute atomic E-state index is 0.0420. The van der Waals surface area contributed by atoms with Crippen LogP contribution in [-0.2, 0) is 30.5 Å². The molecule has 2 atom stereocenters. The molecule has 31 heavy (non-hydrogen) atoms. The first-order valence-electron chi connectivity index (χ1n) is 10.0. The van der Waals surface area contributed by atoms with E-state index in [1.807, 2.05) is 30.3 Å². The molecular weight excluding hydrogens is 468 g/mol. The molecule has 0 aliphatic heterocycles. The minimum atomic E-state index is -1.08. The van der Waals surface area contributed by atoms with E-state index < -0.39 is 35.7 Å². The first-order chi connectivity index (χ1) is 14.4. The van der Waals surface area contributed by atoms with Crippen LogP contribution >= 0.6 is 15.9 Å². The molecule has 1 aromatic carbocycles. The van der Waals surface area contributed by atoms with Crippen LogP contribution in [0, 0.1) is 5.92 Å². The van der Waals surface area contributed by atoms with E-state index in [4.69, 9.17) is 9.47 Å². The molecule has 2 amide bonds. The highest BCUT2D eigenvalue weighted by atomic mass is 79.9. The Morgan fingerprint density at radius 2 is 1.65 bits per heavy atom. The maximum atomic E-state index is 12.8. The number of ketones is 1. The third-order valence-electron chi connectivity index (χ3n) is 4.06. The molecule has 2 N–H and O–H groups in total. The fourth-order valence-electron chi connectivity index (χ4n) is 2.58. The molecule has 172 valence electrons. The normalized spacial score (nSPS) is 13.1. The van der Waals surface area contributed by atoms with E-state index in [1.165, 1.54) is 0 Å². The standard InChI is InChI=1S/C22H31BrN2O6/c1-14(2)19(25-21(29)30-13-15-9-7-6-8-10-15)20(28)24-16(17(26)12-23)11-18(27)31-22(3,4)5/h6-10,14,16,19H,11-13H2,1-5H3,(H,24,28)(H,25,29). The number of hydrogen-bond acceptors (Lipinski definition) is 6. The summed E-state index contributed by atoms with van der Waals surface area (Å²) < 4.78 is 10.4. The van der Waals surface area contributed by atoms with Gasteiger partial charge in [0.05, 0.1) is 17.8 Å². The van der Waals surface area contributed by atoms with Crippen LogP contribution in [0.1, 0.15) is 46.6 Å². The Labute approximate surface area is 191 Å². The van der Waals surface area contributed by atoms with E-state index in [0.717, 1.165) is 5.56 Å². The third kappa shape index (κ3) is 10.4. The largest absolute Gasteiger partial charge is 0.460 e. The number of nitrogens with one attached hydrogen (secondary N) is 2. The molecule has 0 heterocycles. The number of halogens is 1. The van der Waals surface area contributed by atoms with Gasteiger partial charge >= 0.3 is 12.1 Å². The highest BCUT2D eigenvalue weighted by molar-refractivity contribution is 9.09. The van der Waals surface area contributed by atoms with Gasteiger partial charge in [-0.25, -0.2) is 4.79 Å². The number of esters is 1. The van der Waals surface area contributed by atoms with E-state index >= 15 is 0 Å². The summed E-state index contributed by atoms with van der Waals surface area (Å²) >= 11 is 3.06. The van der Waals surface area contributed by atoms with Crippen LogP contribution in [-0.4, -0.2) is 46.8 Å². The van der Waals surface area contributed by atoms with Crippen molar-refractivity contribution < 1.29 is 28.7 Å². The number of amides is 2. The first-order valence-corrected chi connectivity index (χ1v) is 11.1. The molecule has 0 bridgehead atoms. The second kappa shape index (κ2) is 12.4. The lowest BCUT2D eigenvalue weighted by Crippen LogP contribution is -2.54. The van der Waals surface area contributed by atoms with Crippen molar-refractivity contribution in [3.8, 4) is 0 Å². The third-order valence-corrected chi connectivity index (χ3v) is 4.62. The predicted molar refractivity (Wildman–Crippen MR) is 120 cm³/mol.